The normalized spacial score (nSPS) is 15.5. The maximum Gasteiger partial charge on any atom is 0.272 e. The van der Waals surface area contributed by atoms with Gasteiger partial charge in [-0.05, 0) is 37.2 Å². The molecule has 1 fully saturated rings. The number of hydrogen-bond acceptors (Lipinski definition) is 5. The number of aromatic nitrogens is 3. The van der Waals surface area contributed by atoms with E-state index in [1.165, 1.54) is 0 Å². The predicted molar refractivity (Wildman–Crippen MR) is 93.1 cm³/mol. The van der Waals surface area contributed by atoms with Gasteiger partial charge in [-0.2, -0.15) is 5.10 Å². The molecule has 0 radical (unpaired) electrons. The molecule has 24 heavy (non-hydrogen) atoms. The van der Waals surface area contributed by atoms with Crippen molar-refractivity contribution in [3.8, 4) is 0 Å². The molecular formula is C17H24N6O. The lowest BCUT2D eigenvalue weighted by Crippen LogP contribution is -2.44. The summed E-state index contributed by atoms with van der Waals surface area (Å²) in [5.41, 5.74) is 2.43. The van der Waals surface area contributed by atoms with E-state index in [9.17, 15) is 4.79 Å². The molecule has 0 spiro atoms. The summed E-state index contributed by atoms with van der Waals surface area (Å²) in [6.07, 6.45) is 2.64. The maximum absolute atomic E-state index is 12.1. The van der Waals surface area contributed by atoms with Crippen LogP contribution in [0, 0.1) is 0 Å². The van der Waals surface area contributed by atoms with E-state index in [4.69, 9.17) is 0 Å². The van der Waals surface area contributed by atoms with Crippen LogP contribution in [0.25, 0.3) is 0 Å². The van der Waals surface area contributed by atoms with Crippen LogP contribution in [0.1, 0.15) is 28.7 Å². The first-order valence-electron chi connectivity index (χ1n) is 8.36. The fraction of sp³-hybridized carbons (Fsp3) is 0.471. The SMILES string of the molecule is CCc1cc(C(=O)NCc2ccnc(N3CCN(C)CC3)c2)n[nH]1. The Morgan fingerprint density at radius 3 is 2.79 bits per heavy atom. The van der Waals surface area contributed by atoms with Gasteiger partial charge >= 0.3 is 0 Å². The van der Waals surface area contributed by atoms with E-state index in [0.717, 1.165) is 49.7 Å². The number of anilines is 1. The highest BCUT2D eigenvalue weighted by Gasteiger charge is 2.15. The second kappa shape index (κ2) is 7.44. The van der Waals surface area contributed by atoms with Gasteiger partial charge in [0.25, 0.3) is 5.91 Å². The molecule has 0 aromatic carbocycles. The summed E-state index contributed by atoms with van der Waals surface area (Å²) in [4.78, 5) is 21.2. The van der Waals surface area contributed by atoms with Crippen LogP contribution < -0.4 is 10.2 Å². The molecule has 3 heterocycles. The first-order chi connectivity index (χ1) is 11.7. The van der Waals surface area contributed by atoms with Crippen molar-refractivity contribution in [1.29, 1.82) is 0 Å². The zero-order valence-electron chi connectivity index (χ0n) is 14.2. The van der Waals surface area contributed by atoms with Crippen molar-refractivity contribution in [1.82, 2.24) is 25.4 Å². The monoisotopic (exact) mass is 328 g/mol. The van der Waals surface area contributed by atoms with Crippen LogP contribution in [-0.4, -0.2) is 59.2 Å². The van der Waals surface area contributed by atoms with Gasteiger partial charge in [-0.25, -0.2) is 4.98 Å². The molecule has 2 aromatic rings. The van der Waals surface area contributed by atoms with Crippen molar-refractivity contribution in [3.63, 3.8) is 0 Å². The highest BCUT2D eigenvalue weighted by atomic mass is 16.1. The van der Waals surface area contributed by atoms with Crippen molar-refractivity contribution in [2.24, 2.45) is 0 Å². The van der Waals surface area contributed by atoms with Crippen LogP contribution in [0.5, 0.6) is 0 Å². The molecule has 7 nitrogen and oxygen atoms in total. The lowest BCUT2D eigenvalue weighted by molar-refractivity contribution is 0.0946. The van der Waals surface area contributed by atoms with Gasteiger partial charge in [-0.15, -0.1) is 0 Å². The molecule has 3 rings (SSSR count). The summed E-state index contributed by atoms with van der Waals surface area (Å²) in [5, 5.41) is 9.81. The van der Waals surface area contributed by atoms with Crippen LogP contribution in [0.3, 0.4) is 0 Å². The molecule has 2 aromatic heterocycles. The number of rotatable bonds is 5. The Bertz CT molecular complexity index is 690. The first kappa shape index (κ1) is 16.4. The van der Waals surface area contributed by atoms with Crippen molar-refractivity contribution < 1.29 is 4.79 Å². The van der Waals surface area contributed by atoms with Crippen molar-refractivity contribution >= 4 is 11.7 Å². The zero-order chi connectivity index (χ0) is 16.9. The first-order valence-corrected chi connectivity index (χ1v) is 8.36. The van der Waals surface area contributed by atoms with E-state index in [1.54, 1.807) is 12.3 Å². The molecule has 0 atom stereocenters. The highest BCUT2D eigenvalue weighted by molar-refractivity contribution is 5.92. The van der Waals surface area contributed by atoms with Gasteiger partial charge < -0.3 is 15.1 Å². The maximum atomic E-state index is 12.1. The number of pyridine rings is 1. The number of aromatic amines is 1. The summed E-state index contributed by atoms with van der Waals surface area (Å²) in [6, 6.07) is 5.77. The van der Waals surface area contributed by atoms with Gasteiger partial charge in [0.05, 0.1) is 0 Å². The number of hydrogen-bond donors (Lipinski definition) is 2. The minimum absolute atomic E-state index is 0.163. The largest absolute Gasteiger partial charge is 0.354 e. The second-order valence-corrected chi connectivity index (χ2v) is 6.13. The Hall–Kier alpha value is -2.41. The van der Waals surface area contributed by atoms with Gasteiger partial charge in [0.2, 0.25) is 0 Å². The fourth-order valence-corrected chi connectivity index (χ4v) is 2.71. The molecule has 1 saturated heterocycles. The third kappa shape index (κ3) is 3.91. The molecule has 1 amide bonds. The Balaban J connectivity index is 1.59. The Morgan fingerprint density at radius 1 is 1.29 bits per heavy atom. The molecule has 128 valence electrons. The van der Waals surface area contributed by atoms with Crippen LogP contribution in [-0.2, 0) is 13.0 Å². The third-order valence-corrected chi connectivity index (χ3v) is 4.33. The van der Waals surface area contributed by atoms with E-state index in [0.29, 0.717) is 12.2 Å². The number of nitrogens with zero attached hydrogens (tertiary/aromatic N) is 4. The minimum Gasteiger partial charge on any atom is -0.354 e. The average molecular weight is 328 g/mol. The van der Waals surface area contributed by atoms with E-state index in [-0.39, 0.29) is 5.91 Å². The van der Waals surface area contributed by atoms with Gasteiger partial charge in [-0.1, -0.05) is 6.92 Å². The van der Waals surface area contributed by atoms with Crippen molar-refractivity contribution in [2.45, 2.75) is 19.9 Å². The summed E-state index contributed by atoms with van der Waals surface area (Å²) >= 11 is 0. The van der Waals surface area contributed by atoms with Gasteiger partial charge in [-0.3, -0.25) is 9.89 Å². The van der Waals surface area contributed by atoms with E-state index in [1.807, 2.05) is 19.1 Å². The minimum atomic E-state index is -0.163. The lowest BCUT2D eigenvalue weighted by Gasteiger charge is -2.33. The summed E-state index contributed by atoms with van der Waals surface area (Å²) in [6.45, 7) is 6.53. The Labute approximate surface area is 142 Å². The molecule has 0 unspecified atom stereocenters. The van der Waals surface area contributed by atoms with Crippen LogP contribution in [0.15, 0.2) is 24.4 Å². The number of aryl methyl sites for hydroxylation is 1. The van der Waals surface area contributed by atoms with Crippen molar-refractivity contribution in [2.75, 3.05) is 38.1 Å². The van der Waals surface area contributed by atoms with Crippen LogP contribution in [0.4, 0.5) is 5.82 Å². The van der Waals surface area contributed by atoms with Gasteiger partial charge in [0.1, 0.15) is 11.5 Å². The number of likely N-dealkylation sites (N-methyl/N-ethyl adjacent to an activating group) is 1. The average Bonchev–Trinajstić information content (AvgIpc) is 3.10. The molecule has 7 heteroatoms. The molecule has 1 aliphatic heterocycles. The Kier molecular flexibility index (Phi) is 5.10. The summed E-state index contributed by atoms with van der Waals surface area (Å²) < 4.78 is 0. The number of carbonyl (C=O) groups is 1. The molecule has 0 bridgehead atoms. The number of amides is 1. The molecule has 0 saturated carbocycles. The highest BCUT2D eigenvalue weighted by Crippen LogP contribution is 2.14. The third-order valence-electron chi connectivity index (χ3n) is 4.33. The predicted octanol–water partition coefficient (Wildman–Crippen LogP) is 1.05. The quantitative estimate of drug-likeness (QED) is 0.858. The number of nitrogens with one attached hydrogen (secondary N) is 2. The van der Waals surface area contributed by atoms with E-state index < -0.39 is 0 Å². The number of H-pyrrole nitrogens is 1. The molecule has 2 N–H and O–H groups in total. The summed E-state index contributed by atoms with van der Waals surface area (Å²) in [5.74, 6) is 0.812. The van der Waals surface area contributed by atoms with Gasteiger partial charge in [0, 0.05) is 44.6 Å². The van der Waals surface area contributed by atoms with Crippen molar-refractivity contribution in [3.05, 3.63) is 41.3 Å². The summed E-state index contributed by atoms with van der Waals surface area (Å²) in [7, 11) is 2.13. The Morgan fingerprint density at radius 2 is 2.08 bits per heavy atom. The molecular weight excluding hydrogens is 304 g/mol. The van der Waals surface area contributed by atoms with Gasteiger partial charge in [0.15, 0.2) is 0 Å². The second-order valence-electron chi connectivity index (χ2n) is 6.13. The molecule has 1 aliphatic rings. The smallest absolute Gasteiger partial charge is 0.272 e. The van der Waals surface area contributed by atoms with Crippen LogP contribution in [0.2, 0.25) is 0 Å². The van der Waals surface area contributed by atoms with E-state index in [2.05, 4.69) is 37.3 Å². The number of carbonyl (C=O) groups excluding carboxylic acids is 1. The number of piperazine rings is 1. The zero-order valence-corrected chi connectivity index (χ0v) is 14.2. The molecule has 0 aliphatic carbocycles. The standard InChI is InChI=1S/C17H24N6O/c1-3-14-11-15(21-20-14)17(24)19-12-13-4-5-18-16(10-13)23-8-6-22(2)7-9-23/h4-5,10-11H,3,6-9,12H2,1-2H3,(H,19,24)(H,20,21). The van der Waals surface area contributed by atoms with E-state index >= 15 is 0 Å². The topological polar surface area (TPSA) is 77.2 Å². The lowest BCUT2D eigenvalue weighted by atomic mass is 10.2. The fourth-order valence-electron chi connectivity index (χ4n) is 2.71. The van der Waals surface area contributed by atoms with Crippen LogP contribution >= 0.6 is 0 Å².